The van der Waals surface area contributed by atoms with Gasteiger partial charge < -0.3 is 5.73 Å². The van der Waals surface area contributed by atoms with Gasteiger partial charge in [0.2, 0.25) is 0 Å². The molecule has 2 nitrogen and oxygen atoms in total. The Morgan fingerprint density at radius 3 is 2.24 bits per heavy atom. The second-order valence-corrected chi connectivity index (χ2v) is 7.61. The molecule has 0 saturated carbocycles. The molecule has 0 amide bonds. The molecule has 1 atom stereocenters. The largest absolute Gasteiger partial charge is 0.399 e. The standard InChI is InChI=1S/C17H20FNOS/c1-17(2,3)13-4-6-16(7-5-13)21(20)11-12-8-14(18)10-15(19)9-12/h4-10H,11,19H2,1-3H3. The van der Waals surface area contributed by atoms with Crippen LogP contribution in [0.15, 0.2) is 47.4 Å². The molecule has 0 radical (unpaired) electrons. The number of nitrogens with two attached hydrogens (primary N) is 1. The van der Waals surface area contributed by atoms with Crippen LogP contribution in [0.25, 0.3) is 0 Å². The summed E-state index contributed by atoms with van der Waals surface area (Å²) >= 11 is 0. The first-order valence-electron chi connectivity index (χ1n) is 6.79. The van der Waals surface area contributed by atoms with Crippen molar-refractivity contribution in [2.24, 2.45) is 0 Å². The second-order valence-electron chi connectivity index (χ2n) is 6.16. The van der Waals surface area contributed by atoms with Crippen LogP contribution in [0.1, 0.15) is 31.9 Å². The van der Waals surface area contributed by atoms with Crippen LogP contribution in [0.5, 0.6) is 0 Å². The Bertz CT molecular complexity index is 639. The second kappa shape index (κ2) is 5.98. The van der Waals surface area contributed by atoms with Crippen LogP contribution in [0.2, 0.25) is 0 Å². The lowest BCUT2D eigenvalue weighted by atomic mass is 9.87. The molecule has 2 aromatic carbocycles. The van der Waals surface area contributed by atoms with Gasteiger partial charge in [-0.1, -0.05) is 32.9 Å². The van der Waals surface area contributed by atoms with Crippen molar-refractivity contribution in [2.45, 2.75) is 36.8 Å². The Morgan fingerprint density at radius 1 is 1.10 bits per heavy atom. The summed E-state index contributed by atoms with van der Waals surface area (Å²) in [6, 6.07) is 12.0. The van der Waals surface area contributed by atoms with Crippen molar-refractivity contribution in [1.82, 2.24) is 0 Å². The molecular weight excluding hydrogens is 285 g/mol. The zero-order chi connectivity index (χ0) is 15.6. The third-order valence-electron chi connectivity index (χ3n) is 3.26. The molecule has 0 aliphatic heterocycles. The Kier molecular flexibility index (Phi) is 4.47. The molecule has 2 N–H and O–H groups in total. The van der Waals surface area contributed by atoms with Crippen molar-refractivity contribution in [2.75, 3.05) is 5.73 Å². The number of hydrogen-bond acceptors (Lipinski definition) is 2. The first-order valence-corrected chi connectivity index (χ1v) is 8.11. The summed E-state index contributed by atoms with van der Waals surface area (Å²) in [5.41, 5.74) is 7.86. The van der Waals surface area contributed by atoms with E-state index < -0.39 is 16.6 Å². The van der Waals surface area contributed by atoms with Gasteiger partial charge in [0.1, 0.15) is 5.82 Å². The third kappa shape index (κ3) is 4.14. The maximum atomic E-state index is 13.3. The molecule has 0 bridgehead atoms. The number of hydrogen-bond donors (Lipinski definition) is 1. The van der Waals surface area contributed by atoms with Crippen molar-refractivity contribution < 1.29 is 8.60 Å². The van der Waals surface area contributed by atoms with Gasteiger partial charge in [0.05, 0.1) is 16.6 Å². The molecule has 0 aliphatic rings. The SMILES string of the molecule is CC(C)(C)c1ccc(S(=O)Cc2cc(N)cc(F)c2)cc1. The number of benzene rings is 2. The molecule has 112 valence electrons. The van der Waals surface area contributed by atoms with E-state index in [1.54, 1.807) is 6.07 Å². The van der Waals surface area contributed by atoms with E-state index in [1.807, 2.05) is 24.3 Å². The van der Waals surface area contributed by atoms with Gasteiger partial charge in [0.15, 0.2) is 0 Å². The van der Waals surface area contributed by atoms with Gasteiger partial charge in [-0.25, -0.2) is 4.39 Å². The van der Waals surface area contributed by atoms with Crippen LogP contribution in [-0.2, 0) is 22.0 Å². The lowest BCUT2D eigenvalue weighted by Crippen LogP contribution is -2.10. The topological polar surface area (TPSA) is 43.1 Å². The molecule has 0 aliphatic carbocycles. The molecule has 0 spiro atoms. The van der Waals surface area contributed by atoms with Crippen molar-refractivity contribution in [3.8, 4) is 0 Å². The van der Waals surface area contributed by atoms with Gasteiger partial charge in [0, 0.05) is 10.6 Å². The fourth-order valence-electron chi connectivity index (χ4n) is 2.10. The van der Waals surface area contributed by atoms with E-state index in [0.717, 1.165) is 4.90 Å². The zero-order valence-corrected chi connectivity index (χ0v) is 13.3. The van der Waals surface area contributed by atoms with Crippen LogP contribution < -0.4 is 5.73 Å². The summed E-state index contributed by atoms with van der Waals surface area (Å²) in [5.74, 6) is -0.137. The molecular formula is C17H20FNOS. The molecule has 0 fully saturated rings. The third-order valence-corrected chi connectivity index (χ3v) is 4.65. The van der Waals surface area contributed by atoms with Gasteiger partial charge >= 0.3 is 0 Å². The number of rotatable bonds is 3. The van der Waals surface area contributed by atoms with Crippen LogP contribution in [-0.4, -0.2) is 4.21 Å². The highest BCUT2D eigenvalue weighted by atomic mass is 32.2. The minimum atomic E-state index is -1.21. The first-order chi connectivity index (χ1) is 9.75. The van der Waals surface area contributed by atoms with E-state index in [9.17, 15) is 8.60 Å². The molecule has 21 heavy (non-hydrogen) atoms. The Labute approximate surface area is 127 Å². The van der Waals surface area contributed by atoms with E-state index in [-0.39, 0.29) is 11.2 Å². The van der Waals surface area contributed by atoms with Crippen molar-refractivity contribution in [3.63, 3.8) is 0 Å². The Hall–Kier alpha value is -1.68. The zero-order valence-electron chi connectivity index (χ0n) is 12.5. The van der Waals surface area contributed by atoms with Gasteiger partial charge in [-0.2, -0.15) is 0 Å². The maximum absolute atomic E-state index is 13.3. The summed E-state index contributed by atoms with van der Waals surface area (Å²) in [4.78, 5) is 0.742. The number of halogens is 1. The molecule has 4 heteroatoms. The molecule has 2 aromatic rings. The fraction of sp³-hybridized carbons (Fsp3) is 0.294. The summed E-state index contributed by atoms with van der Waals surface area (Å²) in [6.45, 7) is 6.40. The van der Waals surface area contributed by atoms with Gasteiger partial charge in [-0.3, -0.25) is 4.21 Å². The summed E-state index contributed by atoms with van der Waals surface area (Å²) in [6.07, 6.45) is 0. The Balaban J connectivity index is 2.17. The van der Waals surface area contributed by atoms with Crippen LogP contribution >= 0.6 is 0 Å². The average Bonchev–Trinajstić information content (AvgIpc) is 2.36. The van der Waals surface area contributed by atoms with E-state index in [4.69, 9.17) is 5.73 Å². The maximum Gasteiger partial charge on any atom is 0.125 e. The monoisotopic (exact) mass is 305 g/mol. The van der Waals surface area contributed by atoms with Gasteiger partial charge in [-0.05, 0) is 46.9 Å². The molecule has 1 unspecified atom stereocenters. The van der Waals surface area contributed by atoms with Crippen molar-refractivity contribution in [3.05, 3.63) is 59.4 Å². The predicted molar refractivity (Wildman–Crippen MR) is 86.1 cm³/mol. The summed E-state index contributed by atoms with van der Waals surface area (Å²) < 4.78 is 25.6. The molecule has 0 saturated heterocycles. The number of anilines is 1. The van der Waals surface area contributed by atoms with Crippen LogP contribution in [0.4, 0.5) is 10.1 Å². The highest BCUT2D eigenvalue weighted by Gasteiger charge is 2.14. The van der Waals surface area contributed by atoms with Crippen molar-refractivity contribution in [1.29, 1.82) is 0 Å². The molecule has 0 aromatic heterocycles. The normalized spacial score (nSPS) is 13.1. The van der Waals surface area contributed by atoms with Gasteiger partial charge in [0.25, 0.3) is 0 Å². The smallest absolute Gasteiger partial charge is 0.125 e. The number of nitrogen functional groups attached to an aromatic ring is 1. The van der Waals surface area contributed by atoms with Crippen LogP contribution in [0, 0.1) is 5.82 Å². The van der Waals surface area contributed by atoms with Gasteiger partial charge in [-0.15, -0.1) is 0 Å². The summed E-state index contributed by atoms with van der Waals surface area (Å²) in [5, 5.41) is 0. The van der Waals surface area contributed by atoms with E-state index in [1.165, 1.54) is 17.7 Å². The highest BCUT2D eigenvalue weighted by Crippen LogP contribution is 2.24. The molecule has 0 heterocycles. The highest BCUT2D eigenvalue weighted by molar-refractivity contribution is 7.84. The minimum Gasteiger partial charge on any atom is -0.399 e. The lowest BCUT2D eigenvalue weighted by molar-refractivity contribution is 0.589. The van der Waals surface area contributed by atoms with Crippen LogP contribution in [0.3, 0.4) is 0 Å². The molecule has 2 rings (SSSR count). The average molecular weight is 305 g/mol. The Morgan fingerprint density at radius 2 is 1.71 bits per heavy atom. The van der Waals surface area contributed by atoms with E-state index in [2.05, 4.69) is 20.8 Å². The minimum absolute atomic E-state index is 0.0665. The summed E-state index contributed by atoms with van der Waals surface area (Å²) in [7, 11) is -1.21. The fourth-order valence-corrected chi connectivity index (χ4v) is 3.18. The van der Waals surface area contributed by atoms with E-state index >= 15 is 0 Å². The quantitative estimate of drug-likeness (QED) is 0.871. The lowest BCUT2D eigenvalue weighted by Gasteiger charge is -2.19. The first kappa shape index (κ1) is 15.7. The van der Waals surface area contributed by atoms with E-state index in [0.29, 0.717) is 11.3 Å². The predicted octanol–water partition coefficient (Wildman–Crippen LogP) is 4.01. The van der Waals surface area contributed by atoms with Crippen molar-refractivity contribution >= 4 is 16.5 Å².